The van der Waals surface area contributed by atoms with Crippen LogP contribution >= 0.6 is 0 Å². The SMILES string of the molecule is Cc1noc(C)c1-c1ccc2nccn2c1.O=C(NC(F)(F)F)C1CCNC1. The van der Waals surface area contributed by atoms with Gasteiger partial charge in [0.1, 0.15) is 11.4 Å². The highest BCUT2D eigenvalue weighted by Gasteiger charge is 2.34. The van der Waals surface area contributed by atoms with Crippen LogP contribution in [0.1, 0.15) is 17.9 Å². The molecule has 28 heavy (non-hydrogen) atoms. The van der Waals surface area contributed by atoms with E-state index in [1.165, 1.54) is 0 Å². The number of carbonyl (C=O) groups is 1. The monoisotopic (exact) mass is 395 g/mol. The van der Waals surface area contributed by atoms with Crippen molar-refractivity contribution in [2.24, 2.45) is 5.92 Å². The molecule has 1 amide bonds. The van der Waals surface area contributed by atoms with Gasteiger partial charge in [0.05, 0.1) is 11.6 Å². The van der Waals surface area contributed by atoms with Crippen molar-refractivity contribution in [3.63, 3.8) is 0 Å². The Morgan fingerprint density at radius 3 is 2.75 bits per heavy atom. The second-order valence-electron chi connectivity index (χ2n) is 6.49. The first-order chi connectivity index (χ1) is 13.2. The van der Waals surface area contributed by atoms with Crippen molar-refractivity contribution in [1.29, 1.82) is 0 Å². The number of fused-ring (bicyclic) bond motifs is 1. The molecule has 7 nitrogen and oxygen atoms in total. The molecule has 10 heteroatoms. The minimum Gasteiger partial charge on any atom is -0.361 e. The number of pyridine rings is 1. The van der Waals surface area contributed by atoms with E-state index in [0.717, 1.165) is 33.5 Å². The summed E-state index contributed by atoms with van der Waals surface area (Å²) in [5.41, 5.74) is 4.02. The number of alkyl halides is 3. The first kappa shape index (κ1) is 19.9. The Bertz CT molecular complexity index is 938. The molecular weight excluding hydrogens is 375 g/mol. The van der Waals surface area contributed by atoms with Gasteiger partial charge < -0.3 is 14.2 Å². The van der Waals surface area contributed by atoms with Crippen molar-refractivity contribution in [2.45, 2.75) is 26.6 Å². The molecule has 1 atom stereocenters. The number of hydrogen-bond acceptors (Lipinski definition) is 5. The molecule has 0 bridgehead atoms. The zero-order chi connectivity index (χ0) is 20.3. The highest BCUT2D eigenvalue weighted by molar-refractivity contribution is 5.79. The molecule has 150 valence electrons. The molecule has 0 aliphatic carbocycles. The maximum Gasteiger partial charge on any atom is 0.484 e. The smallest absolute Gasteiger partial charge is 0.361 e. The maximum atomic E-state index is 11.6. The number of halogens is 3. The van der Waals surface area contributed by atoms with Gasteiger partial charge in [-0.3, -0.25) is 10.1 Å². The van der Waals surface area contributed by atoms with E-state index in [-0.39, 0.29) is 0 Å². The van der Waals surface area contributed by atoms with Crippen LogP contribution in [-0.2, 0) is 4.79 Å². The fourth-order valence-corrected chi connectivity index (χ4v) is 3.08. The number of imidazole rings is 1. The summed E-state index contributed by atoms with van der Waals surface area (Å²) >= 11 is 0. The van der Waals surface area contributed by atoms with E-state index in [4.69, 9.17) is 4.52 Å². The van der Waals surface area contributed by atoms with Gasteiger partial charge in [-0.25, -0.2) is 4.98 Å². The van der Waals surface area contributed by atoms with Gasteiger partial charge in [0, 0.05) is 36.3 Å². The number of nitrogens with one attached hydrogen (secondary N) is 2. The fourth-order valence-electron chi connectivity index (χ4n) is 3.08. The molecule has 2 N–H and O–H groups in total. The molecule has 0 spiro atoms. The molecular formula is C18H20F3N5O2. The van der Waals surface area contributed by atoms with Crippen LogP contribution in [0.15, 0.2) is 35.2 Å². The number of aromatic nitrogens is 3. The molecule has 1 aliphatic heterocycles. The Kier molecular flexibility index (Phi) is 5.68. The van der Waals surface area contributed by atoms with Gasteiger partial charge in [-0.1, -0.05) is 5.16 Å². The normalized spacial score (nSPS) is 16.7. The Labute approximate surface area is 158 Å². The third-order valence-electron chi connectivity index (χ3n) is 4.41. The van der Waals surface area contributed by atoms with E-state index in [9.17, 15) is 18.0 Å². The highest BCUT2D eigenvalue weighted by Crippen LogP contribution is 2.26. The van der Waals surface area contributed by atoms with Crippen LogP contribution in [0.3, 0.4) is 0 Å². The minimum atomic E-state index is -4.60. The van der Waals surface area contributed by atoms with E-state index in [2.05, 4.69) is 15.5 Å². The zero-order valence-electron chi connectivity index (χ0n) is 15.4. The fraction of sp³-hybridized carbons (Fsp3) is 0.389. The number of amides is 1. The lowest BCUT2D eigenvalue weighted by atomic mass is 10.1. The van der Waals surface area contributed by atoms with Crippen molar-refractivity contribution in [1.82, 2.24) is 25.2 Å². The second-order valence-corrected chi connectivity index (χ2v) is 6.49. The van der Waals surface area contributed by atoms with Gasteiger partial charge >= 0.3 is 6.30 Å². The molecule has 0 aromatic carbocycles. The van der Waals surface area contributed by atoms with E-state index in [1.807, 2.05) is 42.8 Å². The predicted octanol–water partition coefficient (Wildman–Crippen LogP) is 2.84. The highest BCUT2D eigenvalue weighted by atomic mass is 19.4. The Hall–Kier alpha value is -2.88. The number of hydrogen-bond donors (Lipinski definition) is 2. The number of aryl methyl sites for hydroxylation is 2. The molecule has 4 heterocycles. The third kappa shape index (κ3) is 4.69. The van der Waals surface area contributed by atoms with Crippen LogP contribution < -0.4 is 10.6 Å². The van der Waals surface area contributed by atoms with Crippen molar-refractivity contribution >= 4 is 11.6 Å². The minimum absolute atomic E-state index is 0.335. The summed E-state index contributed by atoms with van der Waals surface area (Å²) < 4.78 is 42.0. The van der Waals surface area contributed by atoms with Crippen LogP contribution in [0, 0.1) is 19.8 Å². The Balaban J connectivity index is 0.000000169. The lowest BCUT2D eigenvalue weighted by Crippen LogP contribution is -2.41. The van der Waals surface area contributed by atoms with E-state index >= 15 is 0 Å². The summed E-state index contributed by atoms with van der Waals surface area (Å²) in [6.07, 6.45) is 1.62. The average molecular weight is 395 g/mol. The molecule has 3 aromatic heterocycles. The van der Waals surface area contributed by atoms with Gasteiger partial charge in [0.25, 0.3) is 0 Å². The van der Waals surface area contributed by atoms with Crippen LogP contribution in [0.5, 0.6) is 0 Å². The lowest BCUT2D eigenvalue weighted by Gasteiger charge is -2.11. The topological polar surface area (TPSA) is 84.5 Å². The number of rotatable bonds is 2. The Morgan fingerprint density at radius 2 is 2.14 bits per heavy atom. The van der Waals surface area contributed by atoms with Crippen molar-refractivity contribution < 1.29 is 22.5 Å². The summed E-state index contributed by atoms with van der Waals surface area (Å²) in [5.74, 6) is -0.629. The molecule has 4 rings (SSSR count). The standard InChI is InChI=1S/C12H11N3O.C6H9F3N2O/c1-8-12(9(2)16-14-8)10-3-4-11-13-5-6-15(11)7-10;7-6(8,9)11-5(12)4-1-2-10-3-4/h3-7H,1-2H3;4,10H,1-3H2,(H,11,12). The largest absolute Gasteiger partial charge is 0.484 e. The Morgan fingerprint density at radius 1 is 1.36 bits per heavy atom. The molecule has 1 saturated heterocycles. The van der Waals surface area contributed by atoms with Crippen LogP contribution in [0.4, 0.5) is 13.2 Å². The van der Waals surface area contributed by atoms with Gasteiger partial charge in [0.2, 0.25) is 5.91 Å². The summed E-state index contributed by atoms with van der Waals surface area (Å²) in [7, 11) is 0. The van der Waals surface area contributed by atoms with Gasteiger partial charge in [-0.2, -0.15) is 13.2 Å². The van der Waals surface area contributed by atoms with Gasteiger partial charge in [-0.15, -0.1) is 0 Å². The van der Waals surface area contributed by atoms with E-state index in [1.54, 1.807) is 6.20 Å². The molecule has 1 fully saturated rings. The summed E-state index contributed by atoms with van der Waals surface area (Å²) in [6, 6.07) is 4.02. The van der Waals surface area contributed by atoms with Gasteiger partial charge in [0.15, 0.2) is 0 Å². The number of carbonyl (C=O) groups excluding carboxylic acids is 1. The number of nitrogens with zero attached hydrogens (tertiary/aromatic N) is 3. The first-order valence-corrected chi connectivity index (χ1v) is 8.70. The summed E-state index contributed by atoms with van der Waals surface area (Å²) in [5, 5.41) is 7.75. The second kappa shape index (κ2) is 8.01. The van der Waals surface area contributed by atoms with Crippen molar-refractivity contribution in [2.75, 3.05) is 13.1 Å². The van der Waals surface area contributed by atoms with Crippen molar-refractivity contribution in [3.05, 3.63) is 42.2 Å². The predicted molar refractivity (Wildman–Crippen MR) is 95.3 cm³/mol. The van der Waals surface area contributed by atoms with Crippen LogP contribution in [0.2, 0.25) is 0 Å². The molecule has 1 unspecified atom stereocenters. The maximum absolute atomic E-state index is 11.6. The van der Waals surface area contributed by atoms with Crippen LogP contribution in [-0.4, -0.2) is 39.8 Å². The molecule has 0 radical (unpaired) electrons. The first-order valence-electron chi connectivity index (χ1n) is 8.70. The molecule has 0 saturated carbocycles. The zero-order valence-corrected chi connectivity index (χ0v) is 15.4. The summed E-state index contributed by atoms with van der Waals surface area (Å²) in [4.78, 5) is 15.0. The average Bonchev–Trinajstić information content (AvgIpc) is 3.34. The third-order valence-corrected chi connectivity index (χ3v) is 4.41. The molecule has 1 aliphatic rings. The molecule has 3 aromatic rings. The lowest BCUT2D eigenvalue weighted by molar-refractivity contribution is -0.171. The summed E-state index contributed by atoms with van der Waals surface area (Å²) in [6.45, 7) is 4.81. The van der Waals surface area contributed by atoms with Crippen LogP contribution in [0.25, 0.3) is 16.8 Å². The van der Waals surface area contributed by atoms with E-state index in [0.29, 0.717) is 19.5 Å². The van der Waals surface area contributed by atoms with Gasteiger partial charge in [-0.05, 0) is 38.9 Å². The quantitative estimate of drug-likeness (QED) is 0.652. The van der Waals surface area contributed by atoms with Crippen molar-refractivity contribution in [3.8, 4) is 11.1 Å². The van der Waals surface area contributed by atoms with E-state index < -0.39 is 18.1 Å².